The van der Waals surface area contributed by atoms with E-state index in [1.54, 1.807) is 18.0 Å². The van der Waals surface area contributed by atoms with Gasteiger partial charge in [-0.05, 0) is 32.5 Å². The van der Waals surface area contributed by atoms with Crippen LogP contribution < -0.4 is 5.32 Å². The highest BCUT2D eigenvalue weighted by atomic mass is 35.5. The Labute approximate surface area is 113 Å². The van der Waals surface area contributed by atoms with Crippen LogP contribution in [0.1, 0.15) is 12.5 Å². The van der Waals surface area contributed by atoms with Gasteiger partial charge in [0.25, 0.3) is 0 Å². The number of aliphatic hydroxyl groups is 1. The van der Waals surface area contributed by atoms with Gasteiger partial charge in [-0.3, -0.25) is 9.69 Å². The largest absolute Gasteiger partial charge is 0.395 e. The molecule has 18 heavy (non-hydrogen) atoms. The fraction of sp³-hybridized carbons (Fsp3) is 0.462. The van der Waals surface area contributed by atoms with Crippen LogP contribution in [-0.4, -0.2) is 42.2 Å². The van der Waals surface area contributed by atoms with E-state index in [1.165, 1.54) is 0 Å². The summed E-state index contributed by atoms with van der Waals surface area (Å²) in [5.74, 6) is -0.144. The number of aliphatic hydroxyl groups excluding tert-OH is 1. The molecule has 0 saturated carbocycles. The van der Waals surface area contributed by atoms with Crippen molar-refractivity contribution < 1.29 is 9.90 Å². The number of rotatable bonds is 5. The molecule has 0 spiro atoms. The Bertz CT molecular complexity index is 403. The second kappa shape index (κ2) is 6.73. The molecule has 1 atom stereocenters. The van der Waals surface area contributed by atoms with Crippen molar-refractivity contribution in [2.24, 2.45) is 0 Å². The van der Waals surface area contributed by atoms with E-state index in [0.717, 1.165) is 5.56 Å². The minimum Gasteiger partial charge on any atom is -0.395 e. The van der Waals surface area contributed by atoms with E-state index >= 15 is 0 Å². The van der Waals surface area contributed by atoms with Crippen molar-refractivity contribution >= 4 is 23.2 Å². The summed E-state index contributed by atoms with van der Waals surface area (Å²) in [6, 6.07) is 5.42. The summed E-state index contributed by atoms with van der Waals surface area (Å²) in [6.45, 7) is 3.98. The topological polar surface area (TPSA) is 52.6 Å². The van der Waals surface area contributed by atoms with E-state index < -0.39 is 0 Å². The molecule has 0 heterocycles. The van der Waals surface area contributed by atoms with E-state index in [9.17, 15) is 4.79 Å². The van der Waals surface area contributed by atoms with Crippen LogP contribution in [0.5, 0.6) is 0 Å². The van der Waals surface area contributed by atoms with Gasteiger partial charge in [-0.2, -0.15) is 0 Å². The van der Waals surface area contributed by atoms with Gasteiger partial charge in [0.1, 0.15) is 0 Å². The van der Waals surface area contributed by atoms with Crippen LogP contribution in [0.3, 0.4) is 0 Å². The average Bonchev–Trinajstić information content (AvgIpc) is 2.32. The number of nitrogens with one attached hydrogen (secondary N) is 1. The maximum atomic E-state index is 11.9. The van der Waals surface area contributed by atoms with Gasteiger partial charge in [0.15, 0.2) is 0 Å². The molecule has 1 aromatic rings. The van der Waals surface area contributed by atoms with E-state index in [0.29, 0.717) is 10.7 Å². The number of hydrogen-bond donors (Lipinski definition) is 2. The number of nitrogens with zero attached hydrogens (tertiary/aromatic N) is 1. The highest BCUT2D eigenvalue weighted by Crippen LogP contribution is 2.25. The number of anilines is 1. The zero-order chi connectivity index (χ0) is 13.7. The molecule has 0 bridgehead atoms. The predicted octanol–water partition coefficient (Wildman–Crippen LogP) is 1.90. The maximum absolute atomic E-state index is 11.9. The molecule has 0 aliphatic rings. The molecule has 4 nitrogen and oxygen atoms in total. The van der Waals surface area contributed by atoms with Gasteiger partial charge in [0, 0.05) is 6.04 Å². The first kappa shape index (κ1) is 15.0. The van der Waals surface area contributed by atoms with Crippen LogP contribution in [0.2, 0.25) is 5.02 Å². The highest BCUT2D eigenvalue weighted by Gasteiger charge is 2.14. The van der Waals surface area contributed by atoms with E-state index in [-0.39, 0.29) is 25.1 Å². The molecular weight excluding hydrogens is 252 g/mol. The molecular formula is C13H19ClN2O2. The van der Waals surface area contributed by atoms with Crippen molar-refractivity contribution in [3.63, 3.8) is 0 Å². The third-order valence-electron chi connectivity index (χ3n) is 2.90. The van der Waals surface area contributed by atoms with E-state index in [4.69, 9.17) is 16.7 Å². The lowest BCUT2D eigenvalue weighted by Crippen LogP contribution is -2.38. The van der Waals surface area contributed by atoms with Gasteiger partial charge < -0.3 is 10.4 Å². The number of amides is 1. The van der Waals surface area contributed by atoms with Gasteiger partial charge in [-0.1, -0.05) is 23.7 Å². The normalized spacial score (nSPS) is 12.6. The first-order valence-corrected chi connectivity index (χ1v) is 6.19. The van der Waals surface area contributed by atoms with Crippen molar-refractivity contribution in [1.82, 2.24) is 4.90 Å². The van der Waals surface area contributed by atoms with Crippen LogP contribution in [0.4, 0.5) is 5.69 Å². The lowest BCUT2D eigenvalue weighted by molar-refractivity contribution is -0.117. The van der Waals surface area contributed by atoms with Crippen molar-refractivity contribution in [3.05, 3.63) is 28.8 Å². The van der Waals surface area contributed by atoms with E-state index in [1.807, 2.05) is 26.0 Å². The number of aryl methyl sites for hydroxylation is 1. The summed E-state index contributed by atoms with van der Waals surface area (Å²) >= 11 is 6.03. The fourth-order valence-corrected chi connectivity index (χ4v) is 1.76. The monoisotopic (exact) mass is 270 g/mol. The predicted molar refractivity (Wildman–Crippen MR) is 74.0 cm³/mol. The molecule has 1 unspecified atom stereocenters. The zero-order valence-electron chi connectivity index (χ0n) is 10.9. The smallest absolute Gasteiger partial charge is 0.238 e. The van der Waals surface area contributed by atoms with Crippen LogP contribution in [0.15, 0.2) is 18.2 Å². The summed E-state index contributed by atoms with van der Waals surface area (Å²) in [7, 11) is 1.79. The Morgan fingerprint density at radius 1 is 1.56 bits per heavy atom. The Morgan fingerprint density at radius 2 is 2.22 bits per heavy atom. The summed E-state index contributed by atoms with van der Waals surface area (Å²) in [4.78, 5) is 13.6. The Kier molecular flexibility index (Phi) is 5.59. The van der Waals surface area contributed by atoms with Gasteiger partial charge in [-0.25, -0.2) is 0 Å². The number of carbonyl (C=O) groups excluding carboxylic acids is 1. The molecule has 0 aliphatic carbocycles. The Hall–Kier alpha value is -1.10. The molecule has 0 fully saturated rings. The summed E-state index contributed by atoms with van der Waals surface area (Å²) < 4.78 is 0. The third-order valence-corrected chi connectivity index (χ3v) is 3.21. The minimum absolute atomic E-state index is 0.0227. The van der Waals surface area contributed by atoms with Gasteiger partial charge in [0.2, 0.25) is 5.91 Å². The van der Waals surface area contributed by atoms with Crippen LogP contribution in [0.25, 0.3) is 0 Å². The number of halogens is 1. The van der Waals surface area contributed by atoms with Gasteiger partial charge in [-0.15, -0.1) is 0 Å². The van der Waals surface area contributed by atoms with Crippen LogP contribution in [-0.2, 0) is 4.79 Å². The molecule has 1 rings (SSSR count). The summed E-state index contributed by atoms with van der Waals surface area (Å²) in [6.07, 6.45) is 0. The van der Waals surface area contributed by atoms with E-state index in [2.05, 4.69) is 5.32 Å². The molecule has 5 heteroatoms. The number of carbonyl (C=O) groups is 1. The number of likely N-dealkylation sites (N-methyl/N-ethyl adjacent to an activating group) is 1. The number of benzene rings is 1. The third kappa shape index (κ3) is 3.98. The van der Waals surface area contributed by atoms with Crippen molar-refractivity contribution in [3.8, 4) is 0 Å². The zero-order valence-corrected chi connectivity index (χ0v) is 11.7. The van der Waals surface area contributed by atoms with Crippen LogP contribution >= 0.6 is 11.6 Å². The van der Waals surface area contributed by atoms with Crippen molar-refractivity contribution in [1.29, 1.82) is 0 Å². The maximum Gasteiger partial charge on any atom is 0.238 e. The second-order valence-corrected chi connectivity index (χ2v) is 4.83. The average molecular weight is 271 g/mol. The molecule has 100 valence electrons. The number of para-hydroxylation sites is 1. The summed E-state index contributed by atoms with van der Waals surface area (Å²) in [5.41, 5.74) is 1.57. The number of hydrogen-bond acceptors (Lipinski definition) is 3. The quantitative estimate of drug-likeness (QED) is 0.859. The highest BCUT2D eigenvalue weighted by molar-refractivity contribution is 6.33. The minimum atomic E-state index is -0.144. The molecule has 0 aromatic heterocycles. The summed E-state index contributed by atoms with van der Waals surface area (Å²) in [5, 5.41) is 12.3. The molecule has 2 N–H and O–H groups in total. The van der Waals surface area contributed by atoms with Crippen molar-refractivity contribution in [2.75, 3.05) is 25.5 Å². The molecule has 1 amide bonds. The first-order valence-electron chi connectivity index (χ1n) is 5.81. The lowest BCUT2D eigenvalue weighted by Gasteiger charge is -2.22. The SMILES string of the molecule is Cc1cccc(Cl)c1NC(=O)CN(C)C(C)CO. The fourth-order valence-electron chi connectivity index (χ4n) is 1.49. The second-order valence-electron chi connectivity index (χ2n) is 4.43. The Balaban J connectivity index is 2.65. The molecule has 0 saturated heterocycles. The first-order chi connectivity index (χ1) is 8.45. The molecule has 0 radical (unpaired) electrons. The lowest BCUT2D eigenvalue weighted by atomic mass is 10.2. The van der Waals surface area contributed by atoms with Crippen LogP contribution in [0, 0.1) is 6.92 Å². The Morgan fingerprint density at radius 3 is 2.78 bits per heavy atom. The molecule has 1 aromatic carbocycles. The van der Waals surface area contributed by atoms with Gasteiger partial charge >= 0.3 is 0 Å². The van der Waals surface area contributed by atoms with Gasteiger partial charge in [0.05, 0.1) is 23.9 Å². The van der Waals surface area contributed by atoms with Crippen molar-refractivity contribution in [2.45, 2.75) is 19.9 Å². The molecule has 0 aliphatic heterocycles. The standard InChI is InChI=1S/C13H19ClN2O2/c1-9-5-4-6-11(14)13(9)15-12(18)7-16(3)10(2)8-17/h4-6,10,17H,7-8H2,1-3H3,(H,15,18).